The van der Waals surface area contributed by atoms with E-state index in [-0.39, 0.29) is 5.78 Å². The summed E-state index contributed by atoms with van der Waals surface area (Å²) in [4.78, 5) is 13.2. The van der Waals surface area contributed by atoms with Crippen LogP contribution in [-0.2, 0) is 6.42 Å². The topological polar surface area (TPSA) is 29.1 Å². The maximum absolute atomic E-state index is 12.5. The van der Waals surface area contributed by atoms with Crippen LogP contribution < -0.4 is 5.32 Å². The summed E-state index contributed by atoms with van der Waals surface area (Å²) >= 11 is 4.89. The molecule has 0 spiro atoms. The number of benzene rings is 1. The average Bonchev–Trinajstić information content (AvgIpc) is 2.82. The van der Waals surface area contributed by atoms with Gasteiger partial charge < -0.3 is 5.32 Å². The number of nitrogens with one attached hydrogen (secondary N) is 1. The molecule has 0 aliphatic heterocycles. The second-order valence-corrected chi connectivity index (χ2v) is 5.71. The van der Waals surface area contributed by atoms with Crippen molar-refractivity contribution in [2.75, 3.05) is 13.6 Å². The van der Waals surface area contributed by atoms with E-state index in [4.69, 9.17) is 0 Å². The number of thiophene rings is 1. The van der Waals surface area contributed by atoms with Crippen molar-refractivity contribution in [3.05, 3.63) is 56.2 Å². The molecule has 94 valence electrons. The molecule has 0 saturated heterocycles. The van der Waals surface area contributed by atoms with E-state index in [1.54, 1.807) is 0 Å². The number of ketones is 1. The summed E-state index contributed by atoms with van der Waals surface area (Å²) < 4.78 is 0.876. The minimum absolute atomic E-state index is 0.101. The SMILES string of the molecule is CNCCc1ccccc1C(=O)c1sccc1Br. The van der Waals surface area contributed by atoms with Gasteiger partial charge in [-0.25, -0.2) is 0 Å². The highest BCUT2D eigenvalue weighted by Crippen LogP contribution is 2.26. The second-order valence-electron chi connectivity index (χ2n) is 3.94. The monoisotopic (exact) mass is 323 g/mol. The zero-order valence-electron chi connectivity index (χ0n) is 10.1. The Balaban J connectivity index is 2.33. The standard InChI is InChI=1S/C14H14BrNOS/c1-16-8-6-10-4-2-3-5-11(10)13(17)14-12(15)7-9-18-14/h2-5,7,9,16H,6,8H2,1H3. The molecule has 4 heteroatoms. The molecule has 1 aromatic carbocycles. The predicted octanol–water partition coefficient (Wildman–Crippen LogP) is 3.50. The van der Waals surface area contributed by atoms with Gasteiger partial charge in [-0.05, 0) is 53.0 Å². The summed E-state index contributed by atoms with van der Waals surface area (Å²) in [5, 5.41) is 5.03. The van der Waals surface area contributed by atoms with Gasteiger partial charge in [0.25, 0.3) is 0 Å². The summed E-state index contributed by atoms with van der Waals surface area (Å²) in [7, 11) is 1.92. The fourth-order valence-electron chi connectivity index (χ4n) is 1.80. The Labute approximate surface area is 119 Å². The molecule has 0 unspecified atom stereocenters. The maximum Gasteiger partial charge on any atom is 0.204 e. The van der Waals surface area contributed by atoms with E-state index in [9.17, 15) is 4.79 Å². The zero-order valence-corrected chi connectivity index (χ0v) is 12.5. The summed E-state index contributed by atoms with van der Waals surface area (Å²) in [5.41, 5.74) is 1.90. The van der Waals surface area contributed by atoms with Gasteiger partial charge in [-0.1, -0.05) is 24.3 Å². The van der Waals surface area contributed by atoms with Crippen molar-refractivity contribution in [2.24, 2.45) is 0 Å². The molecule has 0 atom stereocenters. The molecular weight excluding hydrogens is 310 g/mol. The van der Waals surface area contributed by atoms with Gasteiger partial charge in [-0.3, -0.25) is 4.79 Å². The lowest BCUT2D eigenvalue weighted by atomic mass is 10.0. The quantitative estimate of drug-likeness (QED) is 0.853. The van der Waals surface area contributed by atoms with Crippen LogP contribution in [0.1, 0.15) is 20.8 Å². The maximum atomic E-state index is 12.5. The highest BCUT2D eigenvalue weighted by molar-refractivity contribution is 9.10. The third kappa shape index (κ3) is 2.88. The number of carbonyl (C=O) groups excluding carboxylic acids is 1. The average molecular weight is 324 g/mol. The first-order valence-electron chi connectivity index (χ1n) is 5.74. The van der Waals surface area contributed by atoms with Crippen LogP contribution in [0.4, 0.5) is 0 Å². The minimum Gasteiger partial charge on any atom is -0.319 e. The summed E-state index contributed by atoms with van der Waals surface area (Å²) in [6.07, 6.45) is 0.863. The van der Waals surface area contributed by atoms with Crippen molar-refractivity contribution in [2.45, 2.75) is 6.42 Å². The fraction of sp³-hybridized carbons (Fsp3) is 0.214. The fourth-order valence-corrected chi connectivity index (χ4v) is 3.30. The van der Waals surface area contributed by atoms with Gasteiger partial charge in [0.15, 0.2) is 0 Å². The van der Waals surface area contributed by atoms with Gasteiger partial charge in [-0.2, -0.15) is 0 Å². The van der Waals surface area contributed by atoms with Crippen LogP contribution >= 0.6 is 27.3 Å². The smallest absolute Gasteiger partial charge is 0.204 e. The van der Waals surface area contributed by atoms with Crippen molar-refractivity contribution >= 4 is 33.0 Å². The molecule has 1 N–H and O–H groups in total. The normalized spacial score (nSPS) is 10.6. The number of rotatable bonds is 5. The molecule has 0 fully saturated rings. The first-order valence-corrected chi connectivity index (χ1v) is 7.41. The molecule has 0 radical (unpaired) electrons. The van der Waals surface area contributed by atoms with Gasteiger partial charge in [0.05, 0.1) is 4.88 Å². The Kier molecular flexibility index (Phi) is 4.69. The van der Waals surface area contributed by atoms with Crippen molar-refractivity contribution in [3.63, 3.8) is 0 Å². The van der Waals surface area contributed by atoms with E-state index < -0.39 is 0 Å². The van der Waals surface area contributed by atoms with Crippen LogP contribution in [0.5, 0.6) is 0 Å². The van der Waals surface area contributed by atoms with Crippen LogP contribution in [0.2, 0.25) is 0 Å². The molecule has 0 aliphatic carbocycles. The Morgan fingerprint density at radius 2 is 2.11 bits per heavy atom. The molecule has 2 rings (SSSR count). The largest absolute Gasteiger partial charge is 0.319 e. The third-order valence-corrected chi connectivity index (χ3v) is 4.57. The van der Waals surface area contributed by atoms with Crippen molar-refractivity contribution in [1.82, 2.24) is 5.32 Å². The van der Waals surface area contributed by atoms with Crippen LogP contribution in [0, 0.1) is 0 Å². The Morgan fingerprint density at radius 1 is 1.33 bits per heavy atom. The molecule has 2 aromatic rings. The Hall–Kier alpha value is -0.970. The van der Waals surface area contributed by atoms with E-state index in [1.807, 2.05) is 42.8 Å². The lowest BCUT2D eigenvalue weighted by molar-refractivity contribution is 0.104. The van der Waals surface area contributed by atoms with E-state index in [0.717, 1.165) is 33.4 Å². The third-order valence-electron chi connectivity index (χ3n) is 2.73. The van der Waals surface area contributed by atoms with Crippen LogP contribution in [0.15, 0.2) is 40.2 Å². The van der Waals surface area contributed by atoms with E-state index in [2.05, 4.69) is 21.2 Å². The van der Waals surface area contributed by atoms with Gasteiger partial charge in [0.1, 0.15) is 0 Å². The molecular formula is C14H14BrNOS. The molecule has 1 aromatic heterocycles. The van der Waals surface area contributed by atoms with Gasteiger partial charge in [0.2, 0.25) is 5.78 Å². The predicted molar refractivity (Wildman–Crippen MR) is 79.5 cm³/mol. The minimum atomic E-state index is 0.101. The first kappa shape index (κ1) is 13.5. The number of hydrogen-bond donors (Lipinski definition) is 1. The molecule has 18 heavy (non-hydrogen) atoms. The lowest BCUT2D eigenvalue weighted by Crippen LogP contribution is -2.13. The molecule has 1 heterocycles. The number of carbonyl (C=O) groups is 1. The van der Waals surface area contributed by atoms with Gasteiger partial charge >= 0.3 is 0 Å². The summed E-state index contributed by atoms with van der Waals surface area (Å²) in [6, 6.07) is 9.72. The molecule has 0 saturated carbocycles. The Morgan fingerprint density at radius 3 is 2.78 bits per heavy atom. The van der Waals surface area contributed by atoms with Crippen molar-refractivity contribution in [3.8, 4) is 0 Å². The zero-order chi connectivity index (χ0) is 13.0. The van der Waals surface area contributed by atoms with Crippen LogP contribution in [-0.4, -0.2) is 19.4 Å². The number of halogens is 1. The lowest BCUT2D eigenvalue weighted by Gasteiger charge is -2.07. The molecule has 0 aliphatic rings. The Bertz CT molecular complexity index is 550. The van der Waals surface area contributed by atoms with Crippen LogP contribution in [0.25, 0.3) is 0 Å². The second kappa shape index (κ2) is 6.27. The number of hydrogen-bond acceptors (Lipinski definition) is 3. The first-order chi connectivity index (χ1) is 8.74. The highest BCUT2D eigenvalue weighted by atomic mass is 79.9. The molecule has 2 nitrogen and oxygen atoms in total. The molecule has 0 bridgehead atoms. The van der Waals surface area contributed by atoms with Gasteiger partial charge in [0, 0.05) is 10.0 Å². The summed E-state index contributed by atoms with van der Waals surface area (Å²) in [6.45, 7) is 0.871. The highest BCUT2D eigenvalue weighted by Gasteiger charge is 2.16. The van der Waals surface area contributed by atoms with Crippen molar-refractivity contribution in [1.29, 1.82) is 0 Å². The van der Waals surface area contributed by atoms with Crippen molar-refractivity contribution < 1.29 is 4.79 Å². The van der Waals surface area contributed by atoms with Gasteiger partial charge in [-0.15, -0.1) is 11.3 Å². The van der Waals surface area contributed by atoms with E-state index >= 15 is 0 Å². The number of likely N-dealkylation sites (N-methyl/N-ethyl adjacent to an activating group) is 1. The molecule has 0 amide bonds. The van der Waals surface area contributed by atoms with E-state index in [0.29, 0.717) is 0 Å². The van der Waals surface area contributed by atoms with E-state index in [1.165, 1.54) is 11.3 Å². The van der Waals surface area contributed by atoms with Crippen LogP contribution in [0.3, 0.4) is 0 Å². The summed E-state index contributed by atoms with van der Waals surface area (Å²) in [5.74, 6) is 0.101.